The van der Waals surface area contributed by atoms with E-state index in [0.29, 0.717) is 15.7 Å². The molecule has 1 heterocycles. The number of carbonyl (C=O) groups is 2. The van der Waals surface area contributed by atoms with Crippen LogP contribution in [-0.4, -0.2) is 33.0 Å². The topological polar surface area (TPSA) is 95.1 Å². The SMILES string of the molecule is Cc1ccc(Br)c(C(=O)N[C@H](Cc2cnc[nH]2)C(=O)O)c1. The van der Waals surface area contributed by atoms with Crippen molar-refractivity contribution in [3.8, 4) is 0 Å². The summed E-state index contributed by atoms with van der Waals surface area (Å²) in [6.07, 6.45) is 3.14. The number of H-pyrrole nitrogens is 1. The molecule has 0 radical (unpaired) electrons. The van der Waals surface area contributed by atoms with Gasteiger partial charge in [0.1, 0.15) is 6.04 Å². The van der Waals surface area contributed by atoms with Gasteiger partial charge in [-0.1, -0.05) is 11.6 Å². The predicted octanol–water partition coefficient (Wildman–Crippen LogP) is 1.91. The maximum Gasteiger partial charge on any atom is 0.326 e. The minimum Gasteiger partial charge on any atom is -0.480 e. The van der Waals surface area contributed by atoms with Gasteiger partial charge in [-0.25, -0.2) is 9.78 Å². The van der Waals surface area contributed by atoms with Crippen LogP contribution in [0.25, 0.3) is 0 Å². The van der Waals surface area contributed by atoms with E-state index in [-0.39, 0.29) is 6.42 Å². The Morgan fingerprint density at radius 1 is 1.48 bits per heavy atom. The predicted molar refractivity (Wildman–Crippen MR) is 80.1 cm³/mol. The van der Waals surface area contributed by atoms with Gasteiger partial charge in [-0.2, -0.15) is 0 Å². The highest BCUT2D eigenvalue weighted by Gasteiger charge is 2.22. The van der Waals surface area contributed by atoms with E-state index >= 15 is 0 Å². The van der Waals surface area contributed by atoms with E-state index in [4.69, 9.17) is 0 Å². The number of carboxylic acid groups (broad SMARTS) is 1. The minimum absolute atomic E-state index is 0.143. The lowest BCUT2D eigenvalue weighted by atomic mass is 10.1. The van der Waals surface area contributed by atoms with Gasteiger partial charge in [-0.05, 0) is 35.0 Å². The fourth-order valence-electron chi connectivity index (χ4n) is 1.87. The molecule has 0 spiro atoms. The first-order chi connectivity index (χ1) is 9.97. The Morgan fingerprint density at radius 2 is 2.24 bits per heavy atom. The number of rotatable bonds is 5. The highest BCUT2D eigenvalue weighted by atomic mass is 79.9. The molecule has 1 aromatic heterocycles. The summed E-state index contributed by atoms with van der Waals surface area (Å²) >= 11 is 3.29. The molecule has 0 saturated carbocycles. The number of aromatic amines is 1. The van der Waals surface area contributed by atoms with E-state index in [1.807, 2.05) is 13.0 Å². The molecule has 1 atom stereocenters. The standard InChI is InChI=1S/C14H14BrN3O3/c1-8-2-3-11(15)10(4-8)13(19)18-12(14(20)21)5-9-6-16-7-17-9/h2-4,6-7,12H,5H2,1H3,(H,16,17)(H,18,19)(H,20,21)/t12-/m1/s1. The number of carboxylic acids is 1. The maximum absolute atomic E-state index is 12.2. The number of amides is 1. The Kier molecular flexibility index (Phi) is 4.74. The van der Waals surface area contributed by atoms with Crippen molar-refractivity contribution in [3.63, 3.8) is 0 Å². The van der Waals surface area contributed by atoms with E-state index in [0.717, 1.165) is 5.56 Å². The van der Waals surface area contributed by atoms with Crippen LogP contribution in [0.5, 0.6) is 0 Å². The zero-order valence-corrected chi connectivity index (χ0v) is 12.8. The van der Waals surface area contributed by atoms with Crippen molar-refractivity contribution in [1.29, 1.82) is 0 Å². The molecular weight excluding hydrogens is 338 g/mol. The van der Waals surface area contributed by atoms with Gasteiger partial charge < -0.3 is 15.4 Å². The molecule has 110 valence electrons. The molecule has 0 fully saturated rings. The molecule has 1 amide bonds. The summed E-state index contributed by atoms with van der Waals surface area (Å²) < 4.78 is 0.622. The quantitative estimate of drug-likeness (QED) is 0.766. The van der Waals surface area contributed by atoms with E-state index < -0.39 is 17.9 Å². The van der Waals surface area contributed by atoms with Crippen LogP contribution in [0.2, 0.25) is 0 Å². The lowest BCUT2D eigenvalue weighted by molar-refractivity contribution is -0.139. The third kappa shape index (κ3) is 3.91. The molecule has 2 rings (SSSR count). The van der Waals surface area contributed by atoms with Crippen LogP contribution in [-0.2, 0) is 11.2 Å². The number of imidazole rings is 1. The van der Waals surface area contributed by atoms with Gasteiger partial charge in [0.25, 0.3) is 5.91 Å². The third-order valence-corrected chi connectivity index (χ3v) is 3.64. The monoisotopic (exact) mass is 351 g/mol. The Morgan fingerprint density at radius 3 is 2.86 bits per heavy atom. The van der Waals surface area contributed by atoms with Gasteiger partial charge in [0.05, 0.1) is 11.9 Å². The molecule has 7 heteroatoms. The fourth-order valence-corrected chi connectivity index (χ4v) is 2.29. The van der Waals surface area contributed by atoms with Crippen molar-refractivity contribution in [2.24, 2.45) is 0 Å². The Balaban J connectivity index is 2.14. The number of aromatic nitrogens is 2. The van der Waals surface area contributed by atoms with E-state index in [2.05, 4.69) is 31.2 Å². The summed E-state index contributed by atoms with van der Waals surface area (Å²) in [6.45, 7) is 1.86. The normalized spacial score (nSPS) is 11.9. The molecule has 0 bridgehead atoms. The Bertz CT molecular complexity index is 655. The van der Waals surface area contributed by atoms with E-state index in [1.54, 1.807) is 12.1 Å². The number of hydrogen-bond acceptors (Lipinski definition) is 3. The van der Waals surface area contributed by atoms with Crippen molar-refractivity contribution < 1.29 is 14.7 Å². The second-order valence-electron chi connectivity index (χ2n) is 4.63. The first kappa shape index (κ1) is 15.2. The Hall–Kier alpha value is -2.15. The van der Waals surface area contributed by atoms with Crippen molar-refractivity contribution in [2.75, 3.05) is 0 Å². The second kappa shape index (κ2) is 6.53. The number of aryl methyl sites for hydroxylation is 1. The lowest BCUT2D eigenvalue weighted by Crippen LogP contribution is -2.42. The van der Waals surface area contributed by atoms with E-state index in [1.165, 1.54) is 12.5 Å². The molecule has 0 unspecified atom stereocenters. The van der Waals surface area contributed by atoms with Crippen molar-refractivity contribution >= 4 is 27.8 Å². The van der Waals surface area contributed by atoms with Crippen LogP contribution in [0.15, 0.2) is 35.2 Å². The Labute approximate surface area is 129 Å². The molecule has 0 aliphatic heterocycles. The highest BCUT2D eigenvalue weighted by Crippen LogP contribution is 2.18. The minimum atomic E-state index is -1.10. The number of benzene rings is 1. The van der Waals surface area contributed by atoms with Gasteiger partial charge in [0, 0.05) is 22.8 Å². The van der Waals surface area contributed by atoms with E-state index in [9.17, 15) is 14.7 Å². The summed E-state index contributed by atoms with van der Waals surface area (Å²) in [6, 6.07) is 4.30. The van der Waals surface area contributed by atoms with Crippen LogP contribution in [0, 0.1) is 6.92 Å². The number of carbonyl (C=O) groups excluding carboxylic acids is 1. The number of nitrogens with zero attached hydrogens (tertiary/aromatic N) is 1. The average molecular weight is 352 g/mol. The van der Waals surface area contributed by atoms with Crippen LogP contribution in [0.1, 0.15) is 21.6 Å². The molecule has 21 heavy (non-hydrogen) atoms. The molecule has 0 aliphatic carbocycles. The lowest BCUT2D eigenvalue weighted by Gasteiger charge is -2.14. The van der Waals surface area contributed by atoms with Gasteiger partial charge >= 0.3 is 5.97 Å². The highest BCUT2D eigenvalue weighted by molar-refractivity contribution is 9.10. The van der Waals surface area contributed by atoms with Crippen molar-refractivity contribution in [3.05, 3.63) is 52.0 Å². The zero-order valence-electron chi connectivity index (χ0n) is 11.3. The molecule has 3 N–H and O–H groups in total. The zero-order chi connectivity index (χ0) is 15.4. The van der Waals surface area contributed by atoms with Gasteiger partial charge in [-0.15, -0.1) is 0 Å². The molecular formula is C14H14BrN3O3. The van der Waals surface area contributed by atoms with Crippen molar-refractivity contribution in [1.82, 2.24) is 15.3 Å². The average Bonchev–Trinajstić information content (AvgIpc) is 2.93. The maximum atomic E-state index is 12.2. The summed E-state index contributed by atoms with van der Waals surface area (Å²) in [5.41, 5.74) is 1.97. The van der Waals surface area contributed by atoms with Crippen LogP contribution in [0.4, 0.5) is 0 Å². The summed E-state index contributed by atoms with van der Waals surface area (Å²) in [7, 11) is 0. The van der Waals surface area contributed by atoms with Crippen LogP contribution >= 0.6 is 15.9 Å². The third-order valence-electron chi connectivity index (χ3n) is 2.95. The second-order valence-corrected chi connectivity index (χ2v) is 5.48. The van der Waals surface area contributed by atoms with Gasteiger partial charge in [0.15, 0.2) is 0 Å². The van der Waals surface area contributed by atoms with Crippen LogP contribution < -0.4 is 5.32 Å². The molecule has 1 aromatic carbocycles. The first-order valence-corrected chi connectivity index (χ1v) is 7.03. The smallest absolute Gasteiger partial charge is 0.326 e. The largest absolute Gasteiger partial charge is 0.480 e. The fraction of sp³-hybridized carbons (Fsp3) is 0.214. The van der Waals surface area contributed by atoms with Crippen molar-refractivity contribution in [2.45, 2.75) is 19.4 Å². The van der Waals surface area contributed by atoms with Gasteiger partial charge in [0.2, 0.25) is 0 Å². The number of halogens is 1. The molecule has 0 saturated heterocycles. The number of hydrogen-bond donors (Lipinski definition) is 3. The molecule has 0 aliphatic rings. The number of aliphatic carboxylic acids is 1. The summed E-state index contributed by atoms with van der Waals surface area (Å²) in [4.78, 5) is 30.2. The summed E-state index contributed by atoms with van der Waals surface area (Å²) in [5.74, 6) is -1.53. The first-order valence-electron chi connectivity index (χ1n) is 6.24. The van der Waals surface area contributed by atoms with Gasteiger partial charge in [-0.3, -0.25) is 4.79 Å². The molecule has 2 aromatic rings. The number of nitrogens with one attached hydrogen (secondary N) is 2. The van der Waals surface area contributed by atoms with Crippen LogP contribution in [0.3, 0.4) is 0 Å². The summed E-state index contributed by atoms with van der Waals surface area (Å²) in [5, 5.41) is 11.8. The molecule has 6 nitrogen and oxygen atoms in total.